The van der Waals surface area contributed by atoms with Crippen molar-refractivity contribution in [1.82, 2.24) is 0 Å². The Kier molecular flexibility index (Phi) is 2.08. The lowest BCUT2D eigenvalue weighted by Gasteiger charge is -2.42. The molecule has 15 heavy (non-hydrogen) atoms. The fraction of sp³-hybridized carbons (Fsp3) is 0.538. The number of hydrogen-bond acceptors (Lipinski definition) is 2. The lowest BCUT2D eigenvalue weighted by atomic mass is 9.67. The highest BCUT2D eigenvalue weighted by Gasteiger charge is 2.40. The molecule has 0 heterocycles. The van der Waals surface area contributed by atoms with Gasteiger partial charge in [-0.15, -0.1) is 0 Å². The molecule has 0 aliphatic heterocycles. The fourth-order valence-electron chi connectivity index (χ4n) is 3.16. The van der Waals surface area contributed by atoms with Gasteiger partial charge in [-0.2, -0.15) is 0 Å². The van der Waals surface area contributed by atoms with Crippen LogP contribution in [-0.2, 0) is 6.42 Å². The SMILES string of the molecule is OC1CC(O)C2CC1Cc1ccccc12. The standard InChI is InChI=1S/C13H16O2/c14-12-7-13(15)11-6-9(12)5-8-3-1-2-4-10(8)11/h1-4,9,11-15H,5-7H2. The van der Waals surface area contributed by atoms with Crippen LogP contribution in [-0.4, -0.2) is 22.4 Å². The maximum Gasteiger partial charge on any atom is 0.0633 e. The van der Waals surface area contributed by atoms with Crippen molar-refractivity contribution < 1.29 is 10.2 Å². The van der Waals surface area contributed by atoms with Gasteiger partial charge in [-0.25, -0.2) is 0 Å². The minimum absolute atomic E-state index is 0.253. The van der Waals surface area contributed by atoms with Crippen LogP contribution in [0.4, 0.5) is 0 Å². The molecule has 2 nitrogen and oxygen atoms in total. The predicted molar refractivity (Wildman–Crippen MR) is 57.6 cm³/mol. The van der Waals surface area contributed by atoms with Crippen LogP contribution < -0.4 is 0 Å². The number of benzene rings is 1. The van der Waals surface area contributed by atoms with E-state index in [1.165, 1.54) is 11.1 Å². The molecule has 1 aromatic rings. The second kappa shape index (κ2) is 3.32. The summed E-state index contributed by atoms with van der Waals surface area (Å²) in [5.74, 6) is 0.608. The van der Waals surface area contributed by atoms with E-state index in [4.69, 9.17) is 0 Å². The first-order valence-corrected chi connectivity index (χ1v) is 5.69. The first-order valence-electron chi connectivity index (χ1n) is 5.69. The Bertz CT molecular complexity index is 375. The highest BCUT2D eigenvalue weighted by Crippen LogP contribution is 2.43. The summed E-state index contributed by atoms with van der Waals surface area (Å²) in [5, 5.41) is 19.8. The fourth-order valence-corrected chi connectivity index (χ4v) is 3.16. The third kappa shape index (κ3) is 1.40. The highest BCUT2D eigenvalue weighted by atomic mass is 16.3. The van der Waals surface area contributed by atoms with E-state index in [0.717, 1.165) is 12.8 Å². The van der Waals surface area contributed by atoms with Crippen LogP contribution in [0.5, 0.6) is 0 Å². The minimum Gasteiger partial charge on any atom is -0.393 e. The van der Waals surface area contributed by atoms with Crippen molar-refractivity contribution in [3.05, 3.63) is 35.4 Å². The molecule has 0 saturated heterocycles. The van der Waals surface area contributed by atoms with Crippen LogP contribution >= 0.6 is 0 Å². The minimum atomic E-state index is -0.363. The topological polar surface area (TPSA) is 40.5 Å². The highest BCUT2D eigenvalue weighted by molar-refractivity contribution is 5.35. The van der Waals surface area contributed by atoms with Gasteiger partial charge in [0.05, 0.1) is 12.2 Å². The number of aliphatic hydroxyl groups is 2. The van der Waals surface area contributed by atoms with E-state index in [0.29, 0.717) is 12.3 Å². The Morgan fingerprint density at radius 2 is 1.80 bits per heavy atom. The van der Waals surface area contributed by atoms with Crippen molar-refractivity contribution in [2.45, 2.75) is 37.4 Å². The first kappa shape index (κ1) is 9.37. The summed E-state index contributed by atoms with van der Waals surface area (Å²) in [5.41, 5.74) is 2.62. The number of aliphatic hydroxyl groups excluding tert-OH is 2. The smallest absolute Gasteiger partial charge is 0.0633 e. The molecule has 2 aliphatic carbocycles. The molecular formula is C13H16O2. The van der Waals surface area contributed by atoms with Crippen molar-refractivity contribution in [1.29, 1.82) is 0 Å². The normalized spacial score (nSPS) is 38.5. The Labute approximate surface area is 89.6 Å². The van der Waals surface area contributed by atoms with Gasteiger partial charge in [0.15, 0.2) is 0 Å². The molecule has 2 heteroatoms. The second-order valence-corrected chi connectivity index (χ2v) is 4.88. The zero-order chi connectivity index (χ0) is 10.4. The maximum absolute atomic E-state index is 9.98. The molecule has 1 saturated carbocycles. The average molecular weight is 204 g/mol. The summed E-state index contributed by atoms with van der Waals surface area (Å²) in [6.07, 6.45) is 1.78. The average Bonchev–Trinajstić information content (AvgIpc) is 2.26. The molecule has 80 valence electrons. The third-order valence-electron chi connectivity index (χ3n) is 3.98. The van der Waals surface area contributed by atoms with Crippen LogP contribution in [0.15, 0.2) is 24.3 Å². The summed E-state index contributed by atoms with van der Waals surface area (Å²) >= 11 is 0. The van der Waals surface area contributed by atoms with Gasteiger partial charge in [-0.3, -0.25) is 0 Å². The van der Waals surface area contributed by atoms with Crippen molar-refractivity contribution in [3.63, 3.8) is 0 Å². The first-order chi connectivity index (χ1) is 7.25. The number of hydrogen-bond donors (Lipinski definition) is 2. The Balaban J connectivity index is 2.05. The quantitative estimate of drug-likeness (QED) is 0.671. The monoisotopic (exact) mass is 204 g/mol. The van der Waals surface area contributed by atoms with Crippen molar-refractivity contribution >= 4 is 0 Å². The van der Waals surface area contributed by atoms with Gasteiger partial charge in [-0.1, -0.05) is 24.3 Å². The molecule has 3 rings (SSSR count). The molecule has 2 aliphatic rings. The largest absolute Gasteiger partial charge is 0.393 e. The summed E-state index contributed by atoms with van der Waals surface area (Å²) in [6, 6.07) is 8.33. The van der Waals surface area contributed by atoms with Crippen LogP contribution in [0.2, 0.25) is 0 Å². The molecule has 1 aromatic carbocycles. The van der Waals surface area contributed by atoms with E-state index in [-0.39, 0.29) is 18.1 Å². The van der Waals surface area contributed by atoms with Gasteiger partial charge in [-0.05, 0) is 29.9 Å². The van der Waals surface area contributed by atoms with Crippen LogP contribution in [0.1, 0.15) is 29.9 Å². The van der Waals surface area contributed by atoms with E-state index in [9.17, 15) is 10.2 Å². The Morgan fingerprint density at radius 3 is 2.67 bits per heavy atom. The molecular weight excluding hydrogens is 188 g/mol. The summed E-state index contributed by atoms with van der Waals surface area (Å²) in [7, 11) is 0. The van der Waals surface area contributed by atoms with Crippen LogP contribution in [0, 0.1) is 5.92 Å². The summed E-state index contributed by atoms with van der Waals surface area (Å²) in [4.78, 5) is 0. The van der Waals surface area contributed by atoms with Gasteiger partial charge >= 0.3 is 0 Å². The van der Waals surface area contributed by atoms with E-state index in [1.54, 1.807) is 0 Å². The van der Waals surface area contributed by atoms with Crippen LogP contribution in [0.3, 0.4) is 0 Å². The second-order valence-electron chi connectivity index (χ2n) is 4.88. The van der Waals surface area contributed by atoms with Crippen molar-refractivity contribution in [3.8, 4) is 0 Å². The maximum atomic E-state index is 9.98. The van der Waals surface area contributed by atoms with Crippen LogP contribution in [0.25, 0.3) is 0 Å². The summed E-state index contributed by atoms with van der Waals surface area (Å²) in [6.45, 7) is 0. The molecule has 0 radical (unpaired) electrons. The molecule has 4 unspecified atom stereocenters. The van der Waals surface area contributed by atoms with Crippen molar-refractivity contribution in [2.75, 3.05) is 0 Å². The van der Waals surface area contributed by atoms with Gasteiger partial charge in [0.25, 0.3) is 0 Å². The van der Waals surface area contributed by atoms with Crippen molar-refractivity contribution in [2.24, 2.45) is 5.92 Å². The predicted octanol–water partition coefficient (Wildman–Crippen LogP) is 1.46. The zero-order valence-electron chi connectivity index (χ0n) is 8.63. The molecule has 0 aromatic heterocycles. The lowest BCUT2D eigenvalue weighted by Crippen LogP contribution is -2.41. The van der Waals surface area contributed by atoms with Gasteiger partial charge < -0.3 is 10.2 Å². The van der Waals surface area contributed by atoms with Gasteiger partial charge in [0.2, 0.25) is 0 Å². The Morgan fingerprint density at radius 1 is 1.00 bits per heavy atom. The third-order valence-corrected chi connectivity index (χ3v) is 3.98. The molecule has 4 atom stereocenters. The van der Waals surface area contributed by atoms with E-state index < -0.39 is 0 Å². The summed E-state index contributed by atoms with van der Waals surface area (Å²) < 4.78 is 0. The number of fused-ring (bicyclic) bond motifs is 4. The molecule has 0 spiro atoms. The number of rotatable bonds is 0. The lowest BCUT2D eigenvalue weighted by molar-refractivity contribution is -0.0184. The molecule has 0 amide bonds. The van der Waals surface area contributed by atoms with E-state index >= 15 is 0 Å². The molecule has 2 bridgehead atoms. The van der Waals surface area contributed by atoms with Gasteiger partial charge in [0, 0.05) is 12.3 Å². The van der Waals surface area contributed by atoms with E-state index in [2.05, 4.69) is 12.1 Å². The Hall–Kier alpha value is -0.860. The molecule has 1 fully saturated rings. The van der Waals surface area contributed by atoms with Gasteiger partial charge in [0.1, 0.15) is 0 Å². The molecule has 2 N–H and O–H groups in total. The van der Waals surface area contributed by atoms with E-state index in [1.807, 2.05) is 12.1 Å². The zero-order valence-corrected chi connectivity index (χ0v) is 8.63.